The van der Waals surface area contributed by atoms with Crippen LogP contribution in [-0.4, -0.2) is 75.7 Å². The molecule has 0 spiro atoms. The van der Waals surface area contributed by atoms with Crippen LogP contribution in [0, 0.1) is 0 Å². The number of aromatic nitrogens is 4. The molecule has 22 heteroatoms. The second-order valence-electron chi connectivity index (χ2n) is 7.01. The molecule has 0 radical (unpaired) electrons. The van der Waals surface area contributed by atoms with Gasteiger partial charge in [-0.15, -0.1) is 0 Å². The van der Waals surface area contributed by atoms with Crippen molar-refractivity contribution in [2.24, 2.45) is 0 Å². The number of nitrogens with two attached hydrogens (primary N) is 1. The van der Waals surface area contributed by atoms with Crippen molar-refractivity contribution < 1.29 is 60.6 Å². The van der Waals surface area contributed by atoms with Crippen molar-refractivity contribution in [3.63, 3.8) is 0 Å². The van der Waals surface area contributed by atoms with E-state index in [9.17, 15) is 28.6 Å². The van der Waals surface area contributed by atoms with Gasteiger partial charge in [-0.1, -0.05) is 0 Å². The maximum absolute atomic E-state index is 15.4. The van der Waals surface area contributed by atoms with Crippen LogP contribution in [0.15, 0.2) is 6.33 Å². The van der Waals surface area contributed by atoms with Crippen molar-refractivity contribution in [3.05, 3.63) is 6.33 Å². The zero-order chi connectivity index (χ0) is 25.7. The summed E-state index contributed by atoms with van der Waals surface area (Å²) in [6, 6.07) is 0. The summed E-state index contributed by atoms with van der Waals surface area (Å²) >= 11 is 0. The second kappa shape index (κ2) is 9.13. The van der Waals surface area contributed by atoms with Crippen molar-refractivity contribution in [3.8, 4) is 0 Å². The number of imidazole rings is 1. The van der Waals surface area contributed by atoms with Gasteiger partial charge in [-0.05, 0) is 6.92 Å². The fraction of sp³-hybridized carbons (Fsp3) is 0.583. The maximum atomic E-state index is 15.4. The minimum atomic E-state index is -5.75. The molecule has 0 amide bonds. The van der Waals surface area contributed by atoms with E-state index in [1.165, 1.54) is 7.05 Å². The number of aliphatic hydroxyl groups excluding tert-OH is 1. The van der Waals surface area contributed by atoms with Crippen molar-refractivity contribution in [2.75, 3.05) is 24.7 Å². The van der Waals surface area contributed by atoms with Crippen LogP contribution >= 0.6 is 23.5 Å². The molecule has 18 nitrogen and oxygen atoms in total. The Balaban J connectivity index is 1.79. The molecule has 2 aromatic rings. The zero-order valence-electron chi connectivity index (χ0n) is 17.2. The summed E-state index contributed by atoms with van der Waals surface area (Å²) in [6.07, 6.45) is -4.06. The van der Waals surface area contributed by atoms with E-state index in [1.54, 1.807) is 0 Å². The Hall–Kier alpha value is -1.59. The van der Waals surface area contributed by atoms with Crippen molar-refractivity contribution in [1.82, 2.24) is 19.5 Å². The summed E-state index contributed by atoms with van der Waals surface area (Å²) < 4.78 is 67.5. The summed E-state index contributed by atoms with van der Waals surface area (Å²) in [5.41, 5.74) is 3.34. The third-order valence-corrected chi connectivity index (χ3v) is 8.27. The van der Waals surface area contributed by atoms with E-state index >= 15 is 4.39 Å². The molecule has 34 heavy (non-hydrogen) atoms. The van der Waals surface area contributed by atoms with Gasteiger partial charge in [0, 0.05) is 7.05 Å². The third-order valence-electron chi connectivity index (χ3n) is 4.46. The third kappa shape index (κ3) is 5.79. The monoisotopic (exact) mass is 552 g/mol. The van der Waals surface area contributed by atoms with Gasteiger partial charge in [0.1, 0.15) is 12.2 Å². The van der Waals surface area contributed by atoms with Gasteiger partial charge < -0.3 is 40.5 Å². The fourth-order valence-electron chi connectivity index (χ4n) is 3.10. The highest BCUT2D eigenvalue weighted by atomic mass is 31.3. The summed E-state index contributed by atoms with van der Waals surface area (Å²) in [5.74, 6) is 0.0477. The van der Waals surface area contributed by atoms with Crippen LogP contribution in [0.4, 0.5) is 16.2 Å². The van der Waals surface area contributed by atoms with Crippen LogP contribution in [0.1, 0.15) is 13.2 Å². The molecule has 3 heterocycles. The van der Waals surface area contributed by atoms with Gasteiger partial charge in [-0.3, -0.25) is 9.09 Å². The molecular weight excluding hydrogens is 532 g/mol. The summed E-state index contributed by atoms with van der Waals surface area (Å²) in [7, 11) is -15.3. The van der Waals surface area contributed by atoms with Crippen LogP contribution < -0.4 is 11.1 Å². The molecule has 3 unspecified atom stereocenters. The minimum Gasteiger partial charge on any atom is -0.387 e. The van der Waals surface area contributed by atoms with Crippen molar-refractivity contribution in [2.45, 2.75) is 31.0 Å². The van der Waals surface area contributed by atoms with Gasteiger partial charge >= 0.3 is 23.5 Å². The second-order valence-corrected chi connectivity index (χ2v) is 11.4. The average Bonchev–Trinajstić information content (AvgIpc) is 3.15. The largest absolute Gasteiger partial charge is 0.490 e. The molecule has 2 aromatic heterocycles. The molecule has 1 aliphatic heterocycles. The lowest BCUT2D eigenvalue weighted by Crippen LogP contribution is -2.40. The number of ether oxygens (including phenoxy) is 1. The summed E-state index contributed by atoms with van der Waals surface area (Å²) in [6.45, 7) is -0.102. The lowest BCUT2D eigenvalue weighted by molar-refractivity contribution is -0.0560. The predicted octanol–water partition coefficient (Wildman–Crippen LogP) is -0.220. The maximum Gasteiger partial charge on any atom is 0.490 e. The molecule has 0 aliphatic carbocycles. The summed E-state index contributed by atoms with van der Waals surface area (Å²) in [5, 5.41) is 13.1. The molecule has 192 valence electrons. The van der Waals surface area contributed by atoms with E-state index in [4.69, 9.17) is 20.3 Å². The van der Waals surface area contributed by atoms with E-state index in [2.05, 4.69) is 33.4 Å². The van der Waals surface area contributed by atoms with Gasteiger partial charge in [0.25, 0.3) is 0 Å². The number of nitrogen functional groups attached to an aromatic ring is 1. The Morgan fingerprint density at radius 3 is 2.47 bits per heavy atom. The number of hydrogen-bond acceptors (Lipinski definition) is 13. The van der Waals surface area contributed by atoms with Crippen molar-refractivity contribution >= 4 is 46.4 Å². The van der Waals surface area contributed by atoms with Crippen LogP contribution in [0.5, 0.6) is 0 Å². The molecule has 0 bridgehead atoms. The van der Waals surface area contributed by atoms with Crippen LogP contribution in [0.3, 0.4) is 0 Å². The van der Waals surface area contributed by atoms with Gasteiger partial charge in [-0.2, -0.15) is 18.6 Å². The minimum absolute atomic E-state index is 0.0338. The Bertz CT molecular complexity index is 1220. The first-order chi connectivity index (χ1) is 15.5. The number of aliphatic hydroxyl groups is 1. The normalized spacial score (nSPS) is 29.1. The highest BCUT2D eigenvalue weighted by Gasteiger charge is 2.56. The molecule has 1 saturated heterocycles. The van der Waals surface area contributed by atoms with Crippen LogP contribution in [0.25, 0.3) is 11.2 Å². The Morgan fingerprint density at radius 2 is 1.88 bits per heavy atom. The van der Waals surface area contributed by atoms with E-state index in [-0.39, 0.29) is 22.9 Å². The number of nitrogens with zero attached hydrogens (tertiary/aromatic N) is 4. The number of fused-ring (bicyclic) bond motifs is 1. The van der Waals surface area contributed by atoms with E-state index in [1.807, 2.05) is 0 Å². The highest BCUT2D eigenvalue weighted by molar-refractivity contribution is 7.66. The number of phosphoric acid groups is 3. The van der Waals surface area contributed by atoms with Crippen LogP contribution in [0.2, 0.25) is 0 Å². The zero-order valence-corrected chi connectivity index (χ0v) is 19.9. The first kappa shape index (κ1) is 27.0. The van der Waals surface area contributed by atoms with E-state index in [0.29, 0.717) is 0 Å². The number of nitrogens with one attached hydrogen (secondary N) is 1. The fourth-order valence-corrected chi connectivity index (χ4v) is 6.13. The summed E-state index contributed by atoms with van der Waals surface area (Å²) in [4.78, 5) is 47.8. The smallest absolute Gasteiger partial charge is 0.387 e. The van der Waals surface area contributed by atoms with Gasteiger partial charge in [0.05, 0.1) is 12.9 Å². The number of halogens is 1. The molecule has 6 atom stereocenters. The SMILES string of the molecule is CNc1nc(N)nc2c1ncn2[C@@H]1OC(COP(=O)(O)OP(=O)(O)OP(=O)(O)O)[C@@H](O)[C@@]1(C)F. The van der Waals surface area contributed by atoms with Gasteiger partial charge in [0.2, 0.25) is 5.95 Å². The first-order valence-corrected chi connectivity index (χ1v) is 13.5. The quantitative estimate of drug-likeness (QED) is 0.198. The number of anilines is 2. The van der Waals surface area contributed by atoms with E-state index in [0.717, 1.165) is 17.8 Å². The lowest BCUT2D eigenvalue weighted by atomic mass is 9.98. The molecule has 0 aromatic carbocycles. The Labute approximate surface area is 189 Å². The number of phosphoric ester groups is 1. The van der Waals surface area contributed by atoms with Gasteiger partial charge in [0.15, 0.2) is 28.9 Å². The molecular formula is C12H20FN6O12P3. The molecule has 0 saturated carbocycles. The average molecular weight is 552 g/mol. The number of alkyl halides is 1. The predicted molar refractivity (Wildman–Crippen MR) is 109 cm³/mol. The standard InChI is InChI=1S/C12H20FN6O12P3/c1-12(13)7(20)5(3-28-33(24,25)31-34(26,27)30-32(21,22)23)29-10(12)19-4-16-6-8(15-2)17-11(14)18-9(6)19/h4-5,7,10,20H,3H2,1-2H3,(H,24,25)(H,26,27)(H2,21,22,23)(H3,14,15,17,18)/t5?,7-,10-,12-/m1/s1. The number of hydrogen-bond donors (Lipinski definition) is 7. The Morgan fingerprint density at radius 1 is 1.24 bits per heavy atom. The molecule has 8 N–H and O–H groups in total. The van der Waals surface area contributed by atoms with Gasteiger partial charge in [-0.25, -0.2) is 23.1 Å². The Kier molecular flexibility index (Phi) is 7.25. The highest BCUT2D eigenvalue weighted by Crippen LogP contribution is 2.66. The van der Waals surface area contributed by atoms with Crippen molar-refractivity contribution in [1.29, 1.82) is 0 Å². The topological polar surface area (TPSA) is 271 Å². The van der Waals surface area contributed by atoms with Crippen LogP contribution in [-0.2, 0) is 31.6 Å². The first-order valence-electron chi connectivity index (χ1n) is 8.94. The molecule has 1 aliphatic rings. The molecule has 3 rings (SSSR count). The lowest BCUT2D eigenvalue weighted by Gasteiger charge is -2.24. The molecule has 1 fully saturated rings. The number of rotatable bonds is 9. The van der Waals surface area contributed by atoms with E-state index < -0.39 is 54.2 Å².